The maximum absolute atomic E-state index is 3.75. The minimum atomic E-state index is 0.413. The molecule has 0 radical (unpaired) electrons. The summed E-state index contributed by atoms with van der Waals surface area (Å²) in [5.74, 6) is 0. The lowest BCUT2D eigenvalue weighted by molar-refractivity contribution is 0.0152. The van der Waals surface area contributed by atoms with Crippen molar-refractivity contribution in [2.45, 2.75) is 96.3 Å². The van der Waals surface area contributed by atoms with Gasteiger partial charge >= 0.3 is 0 Å². The molecule has 106 valence electrons. The van der Waals surface area contributed by atoms with Gasteiger partial charge in [-0.1, -0.05) is 20.3 Å². The lowest BCUT2D eigenvalue weighted by Crippen LogP contribution is -2.57. The first kappa shape index (κ1) is 14.3. The number of nitrogens with one attached hydrogen (secondary N) is 1. The van der Waals surface area contributed by atoms with E-state index >= 15 is 0 Å². The lowest BCUT2D eigenvalue weighted by atomic mass is 9.88. The molecule has 2 saturated heterocycles. The normalized spacial score (nSPS) is 33.0. The molecule has 0 amide bonds. The smallest absolute Gasteiger partial charge is 0.0159 e. The summed E-state index contributed by atoms with van der Waals surface area (Å²) in [7, 11) is 0. The van der Waals surface area contributed by atoms with Crippen LogP contribution >= 0.6 is 0 Å². The Morgan fingerprint density at radius 3 is 2.17 bits per heavy atom. The standard InChI is InChI=1S/C16H32N2/c1-5-9-16(3,4)18-14-7-8-15(18)12-13(11-14)17-10-6-2/h13-15,17H,5-12H2,1-4H3. The summed E-state index contributed by atoms with van der Waals surface area (Å²) in [6.45, 7) is 10.7. The number of piperidine rings is 1. The monoisotopic (exact) mass is 252 g/mol. The van der Waals surface area contributed by atoms with E-state index in [1.165, 1.54) is 51.5 Å². The summed E-state index contributed by atoms with van der Waals surface area (Å²) >= 11 is 0. The molecule has 2 nitrogen and oxygen atoms in total. The topological polar surface area (TPSA) is 15.3 Å². The van der Waals surface area contributed by atoms with E-state index in [0.717, 1.165) is 18.1 Å². The maximum Gasteiger partial charge on any atom is 0.0159 e. The molecule has 18 heavy (non-hydrogen) atoms. The SMILES string of the molecule is CCCNC1CC2CCC(C1)N2C(C)(C)CCC. The van der Waals surface area contributed by atoms with Crippen LogP contribution in [0.1, 0.15) is 72.6 Å². The van der Waals surface area contributed by atoms with Crippen molar-refractivity contribution in [1.29, 1.82) is 0 Å². The molecule has 2 atom stereocenters. The Hall–Kier alpha value is -0.0800. The summed E-state index contributed by atoms with van der Waals surface area (Å²) in [5.41, 5.74) is 0.413. The van der Waals surface area contributed by atoms with Gasteiger partial charge in [-0.2, -0.15) is 0 Å². The summed E-state index contributed by atoms with van der Waals surface area (Å²) in [5, 5.41) is 3.75. The zero-order valence-electron chi connectivity index (χ0n) is 12.8. The van der Waals surface area contributed by atoms with E-state index in [0.29, 0.717) is 5.54 Å². The van der Waals surface area contributed by atoms with Crippen LogP contribution in [0.15, 0.2) is 0 Å². The average Bonchev–Trinajstić information content (AvgIpc) is 2.60. The van der Waals surface area contributed by atoms with Gasteiger partial charge in [-0.05, 0) is 58.9 Å². The van der Waals surface area contributed by atoms with Crippen LogP contribution in [0.2, 0.25) is 0 Å². The van der Waals surface area contributed by atoms with Gasteiger partial charge in [-0.15, -0.1) is 0 Å². The molecule has 2 bridgehead atoms. The van der Waals surface area contributed by atoms with E-state index in [1.54, 1.807) is 0 Å². The lowest BCUT2D eigenvalue weighted by Gasteiger charge is -2.48. The molecule has 2 heterocycles. The van der Waals surface area contributed by atoms with Gasteiger partial charge in [-0.25, -0.2) is 0 Å². The minimum Gasteiger partial charge on any atom is -0.314 e. The van der Waals surface area contributed by atoms with Crippen LogP contribution in [-0.4, -0.2) is 35.1 Å². The molecule has 2 fully saturated rings. The van der Waals surface area contributed by atoms with Crippen LogP contribution in [0.3, 0.4) is 0 Å². The second-order valence-corrected chi connectivity index (χ2v) is 6.98. The van der Waals surface area contributed by atoms with Crippen LogP contribution in [-0.2, 0) is 0 Å². The second kappa shape index (κ2) is 5.92. The number of hydrogen-bond donors (Lipinski definition) is 1. The van der Waals surface area contributed by atoms with Crippen molar-refractivity contribution in [2.75, 3.05) is 6.54 Å². The van der Waals surface area contributed by atoms with E-state index in [2.05, 4.69) is 37.9 Å². The number of hydrogen-bond acceptors (Lipinski definition) is 2. The zero-order valence-corrected chi connectivity index (χ0v) is 12.8. The Kier molecular flexibility index (Phi) is 4.71. The first-order valence-electron chi connectivity index (χ1n) is 8.10. The number of nitrogens with zero attached hydrogens (tertiary/aromatic N) is 1. The summed E-state index contributed by atoms with van der Waals surface area (Å²) in [4.78, 5) is 2.88. The molecule has 2 aliphatic heterocycles. The molecule has 0 aromatic rings. The van der Waals surface area contributed by atoms with Gasteiger partial charge < -0.3 is 5.32 Å². The molecule has 0 spiro atoms. The molecule has 0 aromatic carbocycles. The van der Waals surface area contributed by atoms with Crippen molar-refractivity contribution in [1.82, 2.24) is 10.2 Å². The Morgan fingerprint density at radius 2 is 1.67 bits per heavy atom. The quantitative estimate of drug-likeness (QED) is 0.777. The fraction of sp³-hybridized carbons (Fsp3) is 1.00. The Bertz CT molecular complexity index is 248. The van der Waals surface area contributed by atoms with Crippen LogP contribution in [0.4, 0.5) is 0 Å². The van der Waals surface area contributed by atoms with Crippen LogP contribution in [0.5, 0.6) is 0 Å². The first-order chi connectivity index (χ1) is 8.58. The van der Waals surface area contributed by atoms with Gasteiger partial charge in [0.25, 0.3) is 0 Å². The van der Waals surface area contributed by atoms with Crippen molar-refractivity contribution in [3.8, 4) is 0 Å². The molecular weight excluding hydrogens is 220 g/mol. The maximum atomic E-state index is 3.75. The molecule has 2 unspecified atom stereocenters. The van der Waals surface area contributed by atoms with Gasteiger partial charge in [-0.3, -0.25) is 4.90 Å². The number of rotatable bonds is 6. The zero-order chi connectivity index (χ0) is 13.2. The van der Waals surface area contributed by atoms with Crippen LogP contribution < -0.4 is 5.32 Å². The third kappa shape index (κ3) is 2.91. The third-order valence-electron chi connectivity index (χ3n) is 4.98. The van der Waals surface area contributed by atoms with E-state index in [4.69, 9.17) is 0 Å². The molecule has 2 heteroatoms. The summed E-state index contributed by atoms with van der Waals surface area (Å²) in [6.07, 6.45) is 9.53. The molecule has 2 aliphatic rings. The molecule has 0 aromatic heterocycles. The largest absolute Gasteiger partial charge is 0.314 e. The summed E-state index contributed by atoms with van der Waals surface area (Å²) < 4.78 is 0. The average molecular weight is 252 g/mol. The molecule has 0 saturated carbocycles. The van der Waals surface area contributed by atoms with Crippen molar-refractivity contribution in [3.63, 3.8) is 0 Å². The fourth-order valence-corrected chi connectivity index (χ4v) is 4.42. The predicted octanol–water partition coefficient (Wildman–Crippen LogP) is 3.56. The third-order valence-corrected chi connectivity index (χ3v) is 4.98. The molecule has 0 aliphatic carbocycles. The number of fused-ring (bicyclic) bond motifs is 2. The highest BCUT2D eigenvalue weighted by atomic mass is 15.3. The predicted molar refractivity (Wildman–Crippen MR) is 79.0 cm³/mol. The van der Waals surface area contributed by atoms with E-state index < -0.39 is 0 Å². The molecule has 2 rings (SSSR count). The van der Waals surface area contributed by atoms with E-state index in [1.807, 2.05) is 0 Å². The Morgan fingerprint density at radius 1 is 1.06 bits per heavy atom. The van der Waals surface area contributed by atoms with Crippen molar-refractivity contribution < 1.29 is 0 Å². The molecular formula is C16H32N2. The van der Waals surface area contributed by atoms with E-state index in [9.17, 15) is 0 Å². The van der Waals surface area contributed by atoms with Crippen LogP contribution in [0, 0.1) is 0 Å². The highest BCUT2D eigenvalue weighted by Crippen LogP contribution is 2.41. The Labute approximate surface area is 114 Å². The van der Waals surface area contributed by atoms with Gasteiger partial charge in [0.2, 0.25) is 0 Å². The highest BCUT2D eigenvalue weighted by molar-refractivity contribution is 5.02. The summed E-state index contributed by atoms with van der Waals surface area (Å²) in [6, 6.07) is 2.48. The van der Waals surface area contributed by atoms with Crippen molar-refractivity contribution in [2.24, 2.45) is 0 Å². The van der Waals surface area contributed by atoms with Gasteiger partial charge in [0.15, 0.2) is 0 Å². The Balaban J connectivity index is 1.97. The molecule has 1 N–H and O–H groups in total. The first-order valence-corrected chi connectivity index (χ1v) is 8.10. The second-order valence-electron chi connectivity index (χ2n) is 6.98. The minimum absolute atomic E-state index is 0.413. The van der Waals surface area contributed by atoms with Crippen molar-refractivity contribution in [3.05, 3.63) is 0 Å². The van der Waals surface area contributed by atoms with Gasteiger partial charge in [0, 0.05) is 23.7 Å². The van der Waals surface area contributed by atoms with Crippen molar-refractivity contribution >= 4 is 0 Å². The fourth-order valence-electron chi connectivity index (χ4n) is 4.42. The van der Waals surface area contributed by atoms with Gasteiger partial charge in [0.1, 0.15) is 0 Å². The van der Waals surface area contributed by atoms with E-state index in [-0.39, 0.29) is 0 Å². The van der Waals surface area contributed by atoms with Gasteiger partial charge in [0.05, 0.1) is 0 Å². The van der Waals surface area contributed by atoms with Crippen LogP contribution in [0.25, 0.3) is 0 Å². The highest BCUT2D eigenvalue weighted by Gasteiger charge is 2.46.